The number of hydrogen-bond donors (Lipinski definition) is 2. The van der Waals surface area contributed by atoms with Crippen LogP contribution in [0.3, 0.4) is 0 Å². The maximum absolute atomic E-state index is 12.9. The van der Waals surface area contributed by atoms with Gasteiger partial charge in [0.05, 0.1) is 5.92 Å². The van der Waals surface area contributed by atoms with Crippen LogP contribution < -0.4 is 5.32 Å². The van der Waals surface area contributed by atoms with Crippen LogP contribution in [0.15, 0.2) is 36.5 Å². The highest BCUT2D eigenvalue weighted by molar-refractivity contribution is 6.29. The number of H-pyrrole nitrogens is 1. The van der Waals surface area contributed by atoms with Crippen LogP contribution in [0, 0.1) is 5.92 Å². The van der Waals surface area contributed by atoms with Crippen LogP contribution in [0.25, 0.3) is 10.9 Å². The molecule has 1 amide bonds. The molecule has 1 aromatic carbocycles. The Kier molecular flexibility index (Phi) is 3.91. The second-order valence-electron chi connectivity index (χ2n) is 7.56. The molecule has 1 unspecified atom stereocenters. The van der Waals surface area contributed by atoms with Crippen LogP contribution in [0.2, 0.25) is 5.15 Å². The molecule has 3 heterocycles. The molecule has 3 atom stereocenters. The number of hydrogen-bond acceptors (Lipinski definition) is 4. The van der Waals surface area contributed by atoms with E-state index in [4.69, 9.17) is 11.6 Å². The Morgan fingerprint density at radius 1 is 1.30 bits per heavy atom. The maximum atomic E-state index is 12.9. The van der Waals surface area contributed by atoms with Gasteiger partial charge in [-0.25, -0.2) is 0 Å². The molecule has 138 valence electrons. The molecule has 2 N–H and O–H groups in total. The standard InChI is InChI=1S/C20H20ClN5O/c1-26-10-12(20(27)23-18-6-5-17(21)24-25-18)7-14-13-3-2-4-15-19(13)11(9-22-15)8-16(14)26/h2-6,9,12,14,16,22H,7-8,10H2,1H3,(H,23,25,27)/t12?,14-,16-/m1/s1. The van der Waals surface area contributed by atoms with Crippen molar-refractivity contribution in [3.63, 3.8) is 0 Å². The van der Waals surface area contributed by atoms with Gasteiger partial charge in [0.1, 0.15) is 0 Å². The van der Waals surface area contributed by atoms with E-state index in [1.165, 1.54) is 22.0 Å². The Labute approximate surface area is 161 Å². The number of aromatic nitrogens is 3. The van der Waals surface area contributed by atoms with Crippen LogP contribution in [-0.2, 0) is 11.2 Å². The minimum atomic E-state index is -0.0931. The highest BCUT2D eigenvalue weighted by Crippen LogP contribution is 2.44. The topological polar surface area (TPSA) is 73.9 Å². The second kappa shape index (κ2) is 6.32. The first-order chi connectivity index (χ1) is 13.1. The lowest BCUT2D eigenvalue weighted by molar-refractivity contribution is -0.122. The SMILES string of the molecule is CN1CC(C(=O)Nc2ccc(Cl)nn2)C[C@@H]2c3cccc4[nH]cc(c34)C[C@H]21. The minimum Gasteiger partial charge on any atom is -0.361 e. The first-order valence-electron chi connectivity index (χ1n) is 9.19. The highest BCUT2D eigenvalue weighted by atomic mass is 35.5. The van der Waals surface area contributed by atoms with E-state index in [1.807, 2.05) is 0 Å². The fraction of sp³-hybridized carbons (Fsp3) is 0.350. The lowest BCUT2D eigenvalue weighted by Gasteiger charge is -2.45. The highest BCUT2D eigenvalue weighted by Gasteiger charge is 2.41. The summed E-state index contributed by atoms with van der Waals surface area (Å²) in [7, 11) is 2.12. The Bertz CT molecular complexity index is 1010. The number of anilines is 1. The summed E-state index contributed by atoms with van der Waals surface area (Å²) >= 11 is 5.77. The van der Waals surface area contributed by atoms with Crippen molar-refractivity contribution in [1.82, 2.24) is 20.1 Å². The Morgan fingerprint density at radius 2 is 2.19 bits per heavy atom. The predicted molar refractivity (Wildman–Crippen MR) is 105 cm³/mol. The predicted octanol–water partition coefficient (Wildman–Crippen LogP) is 3.21. The summed E-state index contributed by atoms with van der Waals surface area (Å²) < 4.78 is 0. The fourth-order valence-electron chi connectivity index (χ4n) is 4.74. The molecule has 3 aromatic rings. The molecule has 1 saturated heterocycles. The summed E-state index contributed by atoms with van der Waals surface area (Å²) in [5.41, 5.74) is 3.93. The summed E-state index contributed by atoms with van der Waals surface area (Å²) in [4.78, 5) is 18.6. The number of benzene rings is 1. The molecule has 0 spiro atoms. The van der Waals surface area contributed by atoms with Gasteiger partial charge in [0.15, 0.2) is 11.0 Å². The summed E-state index contributed by atoms with van der Waals surface area (Å²) in [5, 5.41) is 12.3. The van der Waals surface area contributed by atoms with Gasteiger partial charge in [0.25, 0.3) is 0 Å². The number of carbonyl (C=O) groups is 1. The Hall–Kier alpha value is -2.44. The van der Waals surface area contributed by atoms with Gasteiger partial charge in [-0.15, -0.1) is 10.2 Å². The van der Waals surface area contributed by atoms with Crippen molar-refractivity contribution in [2.45, 2.75) is 24.8 Å². The number of carbonyl (C=O) groups excluding carboxylic acids is 1. The third-order valence-corrected chi connectivity index (χ3v) is 6.18. The zero-order valence-electron chi connectivity index (χ0n) is 14.9. The van der Waals surface area contributed by atoms with Gasteiger partial charge in [-0.05, 0) is 49.2 Å². The molecule has 6 nitrogen and oxygen atoms in total. The first-order valence-corrected chi connectivity index (χ1v) is 9.57. The van der Waals surface area contributed by atoms with Crippen molar-refractivity contribution in [2.24, 2.45) is 5.92 Å². The summed E-state index contributed by atoms with van der Waals surface area (Å²) in [6, 6.07) is 10.2. The molecule has 0 radical (unpaired) electrons. The number of piperidine rings is 1. The van der Waals surface area contributed by atoms with Crippen molar-refractivity contribution in [2.75, 3.05) is 18.9 Å². The van der Waals surface area contributed by atoms with Crippen LogP contribution in [0.1, 0.15) is 23.5 Å². The van der Waals surface area contributed by atoms with Crippen LogP contribution >= 0.6 is 11.6 Å². The van der Waals surface area contributed by atoms with Gasteiger partial charge in [-0.1, -0.05) is 23.7 Å². The number of halogens is 1. The quantitative estimate of drug-likeness (QED) is 0.714. The number of fused-ring (bicyclic) bond motifs is 2. The van der Waals surface area contributed by atoms with E-state index < -0.39 is 0 Å². The summed E-state index contributed by atoms with van der Waals surface area (Å²) in [6.45, 7) is 0.740. The van der Waals surface area contributed by atoms with Crippen molar-refractivity contribution >= 4 is 34.2 Å². The number of nitrogens with one attached hydrogen (secondary N) is 2. The van der Waals surface area contributed by atoms with Gasteiger partial charge in [-0.3, -0.25) is 4.79 Å². The minimum absolute atomic E-state index is 0.0102. The van der Waals surface area contributed by atoms with Crippen molar-refractivity contribution < 1.29 is 4.79 Å². The lowest BCUT2D eigenvalue weighted by Crippen LogP contribution is -2.50. The third-order valence-electron chi connectivity index (χ3n) is 5.98. The van der Waals surface area contributed by atoms with E-state index in [0.717, 1.165) is 19.4 Å². The molecule has 0 saturated carbocycles. The van der Waals surface area contributed by atoms with Crippen molar-refractivity contribution in [1.29, 1.82) is 0 Å². The molecular formula is C20H20ClN5O. The summed E-state index contributed by atoms with van der Waals surface area (Å²) in [6.07, 6.45) is 4.00. The van der Waals surface area contributed by atoms with Crippen LogP contribution in [0.4, 0.5) is 5.82 Å². The number of likely N-dealkylation sites (N-methyl/N-ethyl adjacent to an activating group) is 1. The van der Waals surface area contributed by atoms with E-state index in [0.29, 0.717) is 22.9 Å². The molecule has 1 fully saturated rings. The zero-order chi connectivity index (χ0) is 18.5. The van der Waals surface area contributed by atoms with E-state index in [2.05, 4.69) is 56.8 Å². The maximum Gasteiger partial charge on any atom is 0.230 e. The smallest absolute Gasteiger partial charge is 0.230 e. The number of rotatable bonds is 2. The lowest BCUT2D eigenvalue weighted by atomic mass is 9.72. The van der Waals surface area contributed by atoms with Gasteiger partial charge >= 0.3 is 0 Å². The molecular weight excluding hydrogens is 362 g/mol. The molecule has 2 aromatic heterocycles. The Morgan fingerprint density at radius 3 is 3.00 bits per heavy atom. The number of amides is 1. The van der Waals surface area contributed by atoms with Crippen molar-refractivity contribution in [3.05, 3.63) is 52.8 Å². The van der Waals surface area contributed by atoms with Gasteiger partial charge in [-0.2, -0.15) is 0 Å². The van der Waals surface area contributed by atoms with Gasteiger partial charge < -0.3 is 15.2 Å². The average molecular weight is 382 g/mol. The molecule has 27 heavy (non-hydrogen) atoms. The molecule has 2 aliphatic rings. The monoisotopic (exact) mass is 381 g/mol. The largest absolute Gasteiger partial charge is 0.361 e. The zero-order valence-corrected chi connectivity index (χ0v) is 15.7. The third kappa shape index (κ3) is 2.80. The van der Waals surface area contributed by atoms with E-state index in [1.54, 1.807) is 12.1 Å². The van der Waals surface area contributed by atoms with E-state index in [-0.39, 0.29) is 11.8 Å². The average Bonchev–Trinajstić information content (AvgIpc) is 3.09. The summed E-state index contributed by atoms with van der Waals surface area (Å²) in [5.74, 6) is 0.684. The van der Waals surface area contributed by atoms with Crippen LogP contribution in [-0.4, -0.2) is 45.6 Å². The number of nitrogens with zero attached hydrogens (tertiary/aromatic N) is 3. The van der Waals surface area contributed by atoms with E-state index >= 15 is 0 Å². The molecule has 1 aliphatic heterocycles. The number of aromatic amines is 1. The number of likely N-dealkylation sites (tertiary alicyclic amines) is 1. The van der Waals surface area contributed by atoms with Crippen LogP contribution in [0.5, 0.6) is 0 Å². The van der Waals surface area contributed by atoms with Gasteiger partial charge in [0, 0.05) is 35.6 Å². The van der Waals surface area contributed by atoms with Crippen molar-refractivity contribution in [3.8, 4) is 0 Å². The van der Waals surface area contributed by atoms with Gasteiger partial charge in [0.2, 0.25) is 5.91 Å². The molecule has 0 bridgehead atoms. The molecule has 7 heteroatoms. The first kappa shape index (κ1) is 16.7. The molecule has 1 aliphatic carbocycles. The Balaban J connectivity index is 1.42. The molecule has 5 rings (SSSR count). The normalized spacial score (nSPS) is 24.6. The second-order valence-corrected chi connectivity index (χ2v) is 7.95. The fourth-order valence-corrected chi connectivity index (χ4v) is 4.84. The van der Waals surface area contributed by atoms with E-state index in [9.17, 15) is 4.79 Å².